The van der Waals surface area contributed by atoms with Crippen molar-refractivity contribution in [3.63, 3.8) is 0 Å². The van der Waals surface area contributed by atoms with E-state index in [4.69, 9.17) is 4.74 Å². The van der Waals surface area contributed by atoms with Gasteiger partial charge in [0.05, 0.1) is 18.5 Å². The van der Waals surface area contributed by atoms with Crippen molar-refractivity contribution in [2.24, 2.45) is 0 Å². The van der Waals surface area contributed by atoms with Crippen molar-refractivity contribution in [1.82, 2.24) is 9.78 Å². The number of para-hydroxylation sites is 1. The lowest BCUT2D eigenvalue weighted by atomic mass is 10.3. The zero-order chi connectivity index (χ0) is 13.7. The molecule has 2 rings (SSSR count). The molecule has 100 valence electrons. The zero-order valence-corrected chi connectivity index (χ0v) is 11.1. The van der Waals surface area contributed by atoms with E-state index in [-0.39, 0.29) is 5.97 Å². The van der Waals surface area contributed by atoms with Crippen molar-refractivity contribution in [1.29, 1.82) is 0 Å². The van der Waals surface area contributed by atoms with Gasteiger partial charge in [-0.25, -0.2) is 9.48 Å². The Morgan fingerprint density at radius 2 is 2.05 bits per heavy atom. The van der Waals surface area contributed by atoms with E-state index in [0.717, 1.165) is 5.69 Å². The molecule has 1 aromatic carbocycles. The molecule has 0 unspecified atom stereocenters. The summed E-state index contributed by atoms with van der Waals surface area (Å²) in [6.45, 7) is 4.80. The summed E-state index contributed by atoms with van der Waals surface area (Å²) < 4.78 is 6.74. The Bertz CT molecular complexity index is 549. The summed E-state index contributed by atoms with van der Waals surface area (Å²) in [6, 6.07) is 9.66. The lowest BCUT2D eigenvalue weighted by Gasteiger charge is -2.10. The molecule has 2 aromatic rings. The van der Waals surface area contributed by atoms with E-state index < -0.39 is 0 Å². The summed E-state index contributed by atoms with van der Waals surface area (Å²) in [5.74, 6) is 0.299. The monoisotopic (exact) mass is 259 g/mol. The average molecular weight is 259 g/mol. The van der Waals surface area contributed by atoms with Gasteiger partial charge in [0.25, 0.3) is 0 Å². The van der Waals surface area contributed by atoms with E-state index in [1.54, 1.807) is 11.6 Å². The summed E-state index contributed by atoms with van der Waals surface area (Å²) >= 11 is 0. The molecule has 5 nitrogen and oxygen atoms in total. The third kappa shape index (κ3) is 2.76. The normalized spacial score (nSPS) is 10.2. The molecular formula is C14H17N3O2. The van der Waals surface area contributed by atoms with Gasteiger partial charge in [0.15, 0.2) is 0 Å². The highest BCUT2D eigenvalue weighted by Crippen LogP contribution is 2.20. The van der Waals surface area contributed by atoms with Gasteiger partial charge in [0, 0.05) is 6.54 Å². The van der Waals surface area contributed by atoms with Crippen molar-refractivity contribution in [2.45, 2.75) is 13.8 Å². The maximum atomic E-state index is 11.9. The fourth-order valence-electron chi connectivity index (χ4n) is 1.81. The van der Waals surface area contributed by atoms with Crippen molar-refractivity contribution < 1.29 is 9.53 Å². The lowest BCUT2D eigenvalue weighted by molar-refractivity contribution is 0.0527. The molecule has 0 aliphatic heterocycles. The molecule has 0 aliphatic carbocycles. The van der Waals surface area contributed by atoms with Crippen molar-refractivity contribution >= 4 is 11.8 Å². The van der Waals surface area contributed by atoms with Crippen LogP contribution in [-0.4, -0.2) is 28.9 Å². The van der Waals surface area contributed by atoms with E-state index in [1.165, 1.54) is 6.20 Å². The Labute approximate surface area is 112 Å². The van der Waals surface area contributed by atoms with Gasteiger partial charge in [-0.15, -0.1) is 0 Å². The Kier molecular flexibility index (Phi) is 4.18. The van der Waals surface area contributed by atoms with Crippen LogP contribution in [0, 0.1) is 0 Å². The van der Waals surface area contributed by atoms with Crippen LogP contribution in [0.2, 0.25) is 0 Å². The minimum absolute atomic E-state index is 0.348. The second-order valence-corrected chi connectivity index (χ2v) is 3.91. The number of aromatic nitrogens is 2. The third-order valence-corrected chi connectivity index (χ3v) is 2.61. The van der Waals surface area contributed by atoms with E-state index in [2.05, 4.69) is 10.4 Å². The topological polar surface area (TPSA) is 56.1 Å². The zero-order valence-electron chi connectivity index (χ0n) is 11.1. The number of hydrogen-bond acceptors (Lipinski definition) is 4. The van der Waals surface area contributed by atoms with Gasteiger partial charge in [-0.2, -0.15) is 5.10 Å². The van der Waals surface area contributed by atoms with Gasteiger partial charge in [0.1, 0.15) is 11.4 Å². The van der Waals surface area contributed by atoms with Crippen LogP contribution in [0.1, 0.15) is 24.2 Å². The van der Waals surface area contributed by atoms with Gasteiger partial charge in [-0.3, -0.25) is 0 Å². The summed E-state index contributed by atoms with van der Waals surface area (Å²) in [7, 11) is 0. The Balaban J connectivity index is 2.43. The van der Waals surface area contributed by atoms with Crippen LogP contribution >= 0.6 is 0 Å². The molecule has 1 heterocycles. The minimum atomic E-state index is -0.361. The first-order chi connectivity index (χ1) is 9.27. The Hall–Kier alpha value is -2.30. The van der Waals surface area contributed by atoms with Crippen LogP contribution in [0.4, 0.5) is 5.82 Å². The molecule has 0 atom stereocenters. The number of ether oxygens (including phenoxy) is 1. The number of carbonyl (C=O) groups is 1. The minimum Gasteiger partial charge on any atom is -0.462 e. The highest BCUT2D eigenvalue weighted by atomic mass is 16.5. The molecule has 0 aliphatic rings. The van der Waals surface area contributed by atoms with E-state index in [0.29, 0.717) is 24.5 Å². The quantitative estimate of drug-likeness (QED) is 0.838. The standard InChI is InChI=1S/C14H17N3O2/c1-3-15-13-12(14(18)19-4-2)10-16-17(13)11-8-6-5-7-9-11/h5-10,15H,3-4H2,1-2H3. The van der Waals surface area contributed by atoms with E-state index in [1.807, 2.05) is 37.3 Å². The molecule has 0 saturated carbocycles. The SMILES string of the molecule is CCNc1c(C(=O)OCC)cnn1-c1ccccc1. The van der Waals surface area contributed by atoms with Crippen LogP contribution in [0.25, 0.3) is 5.69 Å². The van der Waals surface area contributed by atoms with Gasteiger partial charge in [0.2, 0.25) is 0 Å². The summed E-state index contributed by atoms with van der Waals surface area (Å²) in [4.78, 5) is 11.9. The molecule has 19 heavy (non-hydrogen) atoms. The number of rotatable bonds is 5. The molecule has 0 amide bonds. The predicted molar refractivity (Wildman–Crippen MR) is 73.7 cm³/mol. The predicted octanol–water partition coefficient (Wildman–Crippen LogP) is 2.48. The maximum Gasteiger partial charge on any atom is 0.343 e. The molecule has 1 aromatic heterocycles. The van der Waals surface area contributed by atoms with E-state index in [9.17, 15) is 4.79 Å². The molecular weight excluding hydrogens is 242 g/mol. The van der Waals surface area contributed by atoms with Crippen molar-refractivity contribution in [3.8, 4) is 5.69 Å². The van der Waals surface area contributed by atoms with Crippen LogP contribution < -0.4 is 5.32 Å². The number of hydrogen-bond donors (Lipinski definition) is 1. The smallest absolute Gasteiger partial charge is 0.343 e. The number of esters is 1. The van der Waals surface area contributed by atoms with Crippen LogP contribution in [0.15, 0.2) is 36.5 Å². The van der Waals surface area contributed by atoms with Gasteiger partial charge in [-0.1, -0.05) is 18.2 Å². The van der Waals surface area contributed by atoms with Crippen molar-refractivity contribution in [2.75, 3.05) is 18.5 Å². The number of nitrogens with zero attached hydrogens (tertiary/aromatic N) is 2. The highest BCUT2D eigenvalue weighted by molar-refractivity contribution is 5.94. The van der Waals surface area contributed by atoms with Crippen molar-refractivity contribution in [3.05, 3.63) is 42.1 Å². The number of nitrogens with one attached hydrogen (secondary N) is 1. The van der Waals surface area contributed by atoms with Gasteiger partial charge in [-0.05, 0) is 26.0 Å². The molecule has 1 N–H and O–H groups in total. The fraction of sp³-hybridized carbons (Fsp3) is 0.286. The number of anilines is 1. The molecule has 0 radical (unpaired) electrons. The second kappa shape index (κ2) is 6.04. The van der Waals surface area contributed by atoms with Crippen LogP contribution in [0.3, 0.4) is 0 Å². The largest absolute Gasteiger partial charge is 0.462 e. The van der Waals surface area contributed by atoms with Gasteiger partial charge < -0.3 is 10.1 Å². The lowest BCUT2D eigenvalue weighted by Crippen LogP contribution is -2.11. The first kappa shape index (κ1) is 13.1. The molecule has 5 heteroatoms. The summed E-state index contributed by atoms with van der Waals surface area (Å²) in [5.41, 5.74) is 1.35. The average Bonchev–Trinajstić information content (AvgIpc) is 2.84. The van der Waals surface area contributed by atoms with Gasteiger partial charge >= 0.3 is 5.97 Å². The molecule has 0 saturated heterocycles. The summed E-state index contributed by atoms with van der Waals surface area (Å²) in [5, 5.41) is 7.42. The highest BCUT2D eigenvalue weighted by Gasteiger charge is 2.18. The molecule has 0 fully saturated rings. The second-order valence-electron chi connectivity index (χ2n) is 3.91. The fourth-order valence-corrected chi connectivity index (χ4v) is 1.81. The van der Waals surface area contributed by atoms with Crippen LogP contribution in [0.5, 0.6) is 0 Å². The third-order valence-electron chi connectivity index (χ3n) is 2.61. The maximum absolute atomic E-state index is 11.9. The summed E-state index contributed by atoms with van der Waals surface area (Å²) in [6.07, 6.45) is 1.53. The first-order valence-electron chi connectivity index (χ1n) is 6.32. The molecule has 0 bridgehead atoms. The number of benzene rings is 1. The molecule has 0 spiro atoms. The van der Waals surface area contributed by atoms with Crippen LogP contribution in [-0.2, 0) is 4.74 Å². The van der Waals surface area contributed by atoms with E-state index >= 15 is 0 Å². The Morgan fingerprint density at radius 1 is 1.32 bits per heavy atom. The number of carbonyl (C=O) groups excluding carboxylic acids is 1. The Morgan fingerprint density at radius 3 is 2.68 bits per heavy atom. The first-order valence-corrected chi connectivity index (χ1v) is 6.32.